The summed E-state index contributed by atoms with van der Waals surface area (Å²) in [7, 11) is 1.73. The van der Waals surface area contributed by atoms with Crippen LogP contribution in [0.3, 0.4) is 0 Å². The Bertz CT molecular complexity index is 683. The number of rotatable bonds is 5. The predicted molar refractivity (Wildman–Crippen MR) is 80.9 cm³/mol. The smallest absolute Gasteiger partial charge is 0.384 e. The topological polar surface area (TPSA) is 50.1 Å². The fourth-order valence-electron chi connectivity index (χ4n) is 2.13. The maximum Gasteiger partial charge on any atom is 0.416 e. The first-order valence-corrected chi connectivity index (χ1v) is 7.25. The third-order valence-electron chi connectivity index (χ3n) is 3.48. The summed E-state index contributed by atoms with van der Waals surface area (Å²) in [5, 5.41) is 17.6. The van der Waals surface area contributed by atoms with Gasteiger partial charge >= 0.3 is 6.18 Å². The normalized spacial score (nSPS) is 14.7. The fourth-order valence-corrected chi connectivity index (χ4v) is 2.31. The Balaban J connectivity index is 2.04. The van der Waals surface area contributed by atoms with Gasteiger partial charge in [0.1, 0.15) is 5.60 Å². The Hall–Kier alpha value is -1.57. The third-order valence-corrected chi connectivity index (χ3v) is 3.85. The van der Waals surface area contributed by atoms with Gasteiger partial charge in [0.05, 0.1) is 11.8 Å². The number of hydrogen-bond donors (Lipinski definition) is 2. The lowest BCUT2D eigenvalue weighted by Crippen LogP contribution is -2.35. The van der Waals surface area contributed by atoms with Gasteiger partial charge in [0.2, 0.25) is 0 Å². The monoisotopic (exact) mass is 347 g/mol. The van der Waals surface area contributed by atoms with Gasteiger partial charge in [-0.25, -0.2) is 0 Å². The van der Waals surface area contributed by atoms with Gasteiger partial charge in [-0.05, 0) is 30.7 Å². The van der Waals surface area contributed by atoms with Crippen LogP contribution in [0.15, 0.2) is 30.6 Å². The number of aliphatic hydroxyl groups is 1. The number of alkyl halides is 3. The maximum absolute atomic E-state index is 12.7. The van der Waals surface area contributed by atoms with Crippen LogP contribution in [0.4, 0.5) is 13.2 Å². The van der Waals surface area contributed by atoms with Crippen molar-refractivity contribution in [3.05, 3.63) is 52.3 Å². The minimum absolute atomic E-state index is 0.110. The third kappa shape index (κ3) is 4.46. The second-order valence-electron chi connectivity index (χ2n) is 5.58. The highest BCUT2D eigenvalue weighted by atomic mass is 35.5. The quantitative estimate of drug-likeness (QED) is 0.874. The van der Waals surface area contributed by atoms with Gasteiger partial charge in [-0.3, -0.25) is 4.68 Å². The van der Waals surface area contributed by atoms with Crippen molar-refractivity contribution in [1.29, 1.82) is 0 Å². The predicted octanol–water partition coefficient (Wildman–Crippen LogP) is 3.09. The first-order valence-electron chi connectivity index (χ1n) is 6.87. The molecule has 1 atom stereocenters. The molecule has 0 saturated heterocycles. The van der Waals surface area contributed by atoms with Crippen molar-refractivity contribution in [2.45, 2.75) is 25.2 Å². The summed E-state index contributed by atoms with van der Waals surface area (Å²) >= 11 is 5.93. The van der Waals surface area contributed by atoms with E-state index < -0.39 is 17.3 Å². The van der Waals surface area contributed by atoms with Crippen LogP contribution in [-0.2, 0) is 25.4 Å². The minimum Gasteiger partial charge on any atom is -0.384 e. The zero-order chi connectivity index (χ0) is 17.3. The molecule has 0 spiro atoms. The van der Waals surface area contributed by atoms with Gasteiger partial charge in [0.15, 0.2) is 0 Å². The zero-order valence-corrected chi connectivity index (χ0v) is 13.4. The molecule has 1 aromatic carbocycles. The van der Waals surface area contributed by atoms with Crippen LogP contribution < -0.4 is 5.32 Å². The lowest BCUT2D eigenvalue weighted by atomic mass is 9.99. The van der Waals surface area contributed by atoms with Crippen molar-refractivity contribution in [3.8, 4) is 0 Å². The van der Waals surface area contributed by atoms with Crippen molar-refractivity contribution in [2.75, 3.05) is 6.54 Å². The molecule has 0 amide bonds. The average Bonchev–Trinajstić information content (AvgIpc) is 2.87. The molecule has 0 aliphatic carbocycles. The largest absolute Gasteiger partial charge is 0.416 e. The molecule has 1 unspecified atom stereocenters. The summed E-state index contributed by atoms with van der Waals surface area (Å²) in [6.07, 6.45) is -1.20. The molecule has 1 heterocycles. The fraction of sp³-hybridized carbons (Fsp3) is 0.400. The number of nitrogens with one attached hydrogen (secondary N) is 1. The molecule has 0 fully saturated rings. The molecule has 4 nitrogen and oxygen atoms in total. The number of aromatic nitrogens is 2. The van der Waals surface area contributed by atoms with E-state index in [0.29, 0.717) is 11.1 Å². The van der Waals surface area contributed by atoms with E-state index in [4.69, 9.17) is 11.6 Å². The zero-order valence-electron chi connectivity index (χ0n) is 12.7. The van der Waals surface area contributed by atoms with Crippen molar-refractivity contribution in [2.24, 2.45) is 7.05 Å². The van der Waals surface area contributed by atoms with E-state index >= 15 is 0 Å². The van der Waals surface area contributed by atoms with E-state index in [0.717, 1.165) is 12.1 Å². The molecule has 8 heteroatoms. The number of benzene rings is 1. The second kappa shape index (κ2) is 6.51. The molecule has 1 aromatic heterocycles. The molecule has 0 aliphatic rings. The molecule has 2 N–H and O–H groups in total. The molecule has 0 aliphatic heterocycles. The van der Waals surface area contributed by atoms with E-state index in [1.807, 2.05) is 0 Å². The van der Waals surface area contributed by atoms with E-state index in [2.05, 4.69) is 10.4 Å². The van der Waals surface area contributed by atoms with Gasteiger partial charge in [-0.15, -0.1) is 0 Å². The number of nitrogens with zero attached hydrogens (tertiary/aromatic N) is 2. The molecular formula is C15H17ClF3N3O. The van der Waals surface area contributed by atoms with Gasteiger partial charge < -0.3 is 10.4 Å². The van der Waals surface area contributed by atoms with Crippen LogP contribution in [0.5, 0.6) is 0 Å². The second-order valence-corrected chi connectivity index (χ2v) is 5.99. The van der Waals surface area contributed by atoms with Gasteiger partial charge in [-0.2, -0.15) is 18.3 Å². The summed E-state index contributed by atoms with van der Waals surface area (Å²) in [6.45, 7) is 1.86. The lowest BCUT2D eigenvalue weighted by Gasteiger charge is -2.22. The molecule has 126 valence electrons. The van der Waals surface area contributed by atoms with Crippen LogP contribution in [0.2, 0.25) is 5.02 Å². The van der Waals surface area contributed by atoms with Crippen LogP contribution in [0.1, 0.15) is 23.6 Å². The van der Waals surface area contributed by atoms with Gasteiger partial charge in [0, 0.05) is 36.9 Å². The molecule has 0 saturated carbocycles. The standard InChI is InChI=1S/C15H17ClF3N3O/c1-14(23,12-7-21-22(2)8-12)9-20-6-10-5-11(15(17,18)19)3-4-13(10)16/h3-5,7-8,20,23H,6,9H2,1-2H3. The van der Waals surface area contributed by atoms with Gasteiger partial charge in [0.25, 0.3) is 0 Å². The van der Waals surface area contributed by atoms with Crippen LogP contribution in [-0.4, -0.2) is 21.4 Å². The van der Waals surface area contributed by atoms with E-state index in [1.165, 1.54) is 6.07 Å². The Morgan fingerprint density at radius 2 is 2.00 bits per heavy atom. The van der Waals surface area contributed by atoms with E-state index in [9.17, 15) is 18.3 Å². The number of hydrogen-bond acceptors (Lipinski definition) is 3. The van der Waals surface area contributed by atoms with Crippen LogP contribution in [0, 0.1) is 0 Å². The maximum atomic E-state index is 12.7. The van der Waals surface area contributed by atoms with Crippen LogP contribution >= 0.6 is 11.6 Å². The Morgan fingerprint density at radius 3 is 2.57 bits per heavy atom. The highest BCUT2D eigenvalue weighted by molar-refractivity contribution is 6.31. The van der Waals surface area contributed by atoms with E-state index in [1.54, 1.807) is 31.0 Å². The lowest BCUT2D eigenvalue weighted by molar-refractivity contribution is -0.137. The Kier molecular flexibility index (Phi) is 5.03. The van der Waals surface area contributed by atoms with Crippen molar-refractivity contribution in [1.82, 2.24) is 15.1 Å². The average molecular weight is 348 g/mol. The van der Waals surface area contributed by atoms with Crippen molar-refractivity contribution >= 4 is 11.6 Å². The molecule has 2 rings (SSSR count). The molecule has 23 heavy (non-hydrogen) atoms. The highest BCUT2D eigenvalue weighted by Crippen LogP contribution is 2.31. The Labute approximate surface area is 136 Å². The molecule has 0 bridgehead atoms. The first-order chi connectivity index (χ1) is 10.6. The van der Waals surface area contributed by atoms with Crippen LogP contribution in [0.25, 0.3) is 0 Å². The summed E-state index contributed by atoms with van der Waals surface area (Å²) in [5.74, 6) is 0. The highest BCUT2D eigenvalue weighted by Gasteiger charge is 2.31. The molecule has 2 aromatic rings. The van der Waals surface area contributed by atoms with Crippen molar-refractivity contribution in [3.63, 3.8) is 0 Å². The summed E-state index contributed by atoms with van der Waals surface area (Å²) in [6, 6.07) is 3.17. The first kappa shape index (κ1) is 17.8. The summed E-state index contributed by atoms with van der Waals surface area (Å²) in [4.78, 5) is 0. The summed E-state index contributed by atoms with van der Waals surface area (Å²) < 4.78 is 39.7. The van der Waals surface area contributed by atoms with Gasteiger partial charge in [-0.1, -0.05) is 11.6 Å². The number of aryl methyl sites for hydroxylation is 1. The number of halogens is 4. The molecule has 0 radical (unpaired) electrons. The summed E-state index contributed by atoms with van der Waals surface area (Å²) in [5.41, 5.74) is -1.01. The molecular weight excluding hydrogens is 331 g/mol. The SMILES string of the molecule is Cn1cc(C(C)(O)CNCc2cc(C(F)(F)F)ccc2Cl)cn1. The van der Waals surface area contributed by atoms with E-state index in [-0.39, 0.29) is 18.1 Å². The Morgan fingerprint density at radius 1 is 1.30 bits per heavy atom. The minimum atomic E-state index is -4.42. The van der Waals surface area contributed by atoms with Crippen molar-refractivity contribution < 1.29 is 18.3 Å².